The molecule has 5 fully saturated rings. The number of alkyl halides is 1. The van der Waals surface area contributed by atoms with Crippen LogP contribution in [0, 0.1) is 59.7 Å². The van der Waals surface area contributed by atoms with Crippen LogP contribution >= 0.6 is 102 Å². The van der Waals surface area contributed by atoms with Gasteiger partial charge in [-0.3, -0.25) is 43.3 Å². The summed E-state index contributed by atoms with van der Waals surface area (Å²) in [6.07, 6.45) is 36.6. The molecule has 0 aromatic carbocycles. The Hall–Kier alpha value is -8.61. The maximum atomic E-state index is 13.5. The maximum absolute atomic E-state index is 13.5. The highest BCUT2D eigenvalue weighted by Crippen LogP contribution is 2.55. The van der Waals surface area contributed by atoms with E-state index >= 15 is 0 Å². The number of halogens is 3. The second-order valence-corrected chi connectivity index (χ2v) is 47.1. The summed E-state index contributed by atoms with van der Waals surface area (Å²) < 4.78 is 32.5. The number of aromatic amines is 3. The van der Waals surface area contributed by atoms with Crippen LogP contribution in [0.3, 0.4) is 0 Å². The van der Waals surface area contributed by atoms with Crippen molar-refractivity contribution in [1.82, 2.24) is 70.4 Å². The molecule has 16 heterocycles. The van der Waals surface area contributed by atoms with E-state index in [4.69, 9.17) is 32.4 Å². The molecule has 0 bridgehead atoms. The SMILES string of the molecule is C.C#CC1=CN=C([C@@H]2CCCN2C(=O)[C@H](C)NC(=O)OOC)C1.CC(C)(C)OC(=O)N1CCC[C@H]1c1ncc(C2=CC3SC(Br)=CC3S2)[nH]1.CC(C)[C@H](C)C(=O)N1CCC[C@H]1c1ncc(C2=CC3SC(Br)=CC3S2)[nH]1.COC(=O)N[C@H](C(=O)N1CCC[C@H]1C1=NC=C(C#CC2=CC3SC(c4cnc([C@@H]5CCCN5C(=O)[C@@H](C)C(C)C)[nH]4)=CC3S2)C1)C(C)C.COC(=O)N[C@H](C(=O)O)C(C)C.[2H]CF. The van der Waals surface area contributed by atoms with E-state index in [1.807, 2.05) is 147 Å². The van der Waals surface area contributed by atoms with Crippen LogP contribution in [0.2, 0.25) is 0 Å². The number of carbonyl (C=O) groups is 9. The Balaban J connectivity index is 0.000000188. The molecule has 3 aromatic heterocycles. The van der Waals surface area contributed by atoms with Crippen molar-refractivity contribution in [2.45, 2.75) is 267 Å². The van der Waals surface area contributed by atoms with Crippen LogP contribution in [0.4, 0.5) is 23.6 Å². The van der Waals surface area contributed by atoms with Crippen molar-refractivity contribution in [3.05, 3.63) is 126 Å². The van der Waals surface area contributed by atoms with Crippen molar-refractivity contribution in [3.63, 3.8) is 0 Å². The monoisotopic (exact) mass is 2130 g/mol. The Morgan fingerprint density at radius 2 is 0.876 bits per heavy atom. The van der Waals surface area contributed by atoms with E-state index in [1.54, 1.807) is 48.5 Å². The lowest BCUT2D eigenvalue weighted by molar-refractivity contribution is -0.213. The summed E-state index contributed by atoms with van der Waals surface area (Å²) in [6, 6.07) is -2.31. The van der Waals surface area contributed by atoms with E-state index in [1.165, 1.54) is 43.7 Å². The van der Waals surface area contributed by atoms with Crippen molar-refractivity contribution in [2.75, 3.05) is 61.2 Å². The molecule has 3 aromatic rings. The number of rotatable bonds is 21. The Morgan fingerprint density at radius 3 is 1.26 bits per heavy atom. The van der Waals surface area contributed by atoms with Gasteiger partial charge in [-0.2, -0.15) is 4.89 Å². The van der Waals surface area contributed by atoms with Crippen molar-refractivity contribution in [1.29, 1.82) is 0 Å². The Bertz CT molecular complexity index is 5340. The molecule has 137 heavy (non-hydrogen) atoms. The molecule has 31 nitrogen and oxygen atoms in total. The van der Waals surface area contributed by atoms with Crippen molar-refractivity contribution >= 4 is 183 Å². The minimum atomic E-state index is -1.06. The largest absolute Gasteiger partial charge is 0.480 e. The van der Waals surface area contributed by atoms with E-state index in [2.05, 4.69) is 174 Å². The molecule has 7 N–H and O–H groups in total. The molecule has 40 heteroatoms. The molecule has 746 valence electrons. The molecule has 6 unspecified atom stereocenters. The zero-order valence-corrected chi connectivity index (χ0v) is 88.0. The number of fused-ring (bicyclic) bond motifs is 3. The molecule has 13 aliphatic heterocycles. The van der Waals surface area contributed by atoms with Gasteiger partial charge in [0, 0.05) is 146 Å². The Kier molecular flexibility index (Phi) is 40.2. The highest BCUT2D eigenvalue weighted by atomic mass is 79.9. The minimum absolute atomic E-state index is 0. The predicted octanol–water partition coefficient (Wildman–Crippen LogP) is 19.1. The number of carbonyl (C=O) groups excluding carboxylic acids is 8. The molecule has 0 spiro atoms. The Labute approximate surface area is 847 Å². The van der Waals surface area contributed by atoms with Crippen molar-refractivity contribution in [3.8, 4) is 24.2 Å². The number of terminal acetylenes is 1. The van der Waals surface area contributed by atoms with Gasteiger partial charge in [-0.25, -0.2) is 38.9 Å². The molecule has 13 aliphatic rings. The number of methoxy groups -OCH3 is 2. The van der Waals surface area contributed by atoms with E-state index < -0.39 is 55.1 Å². The molecule has 16 atom stereocenters. The van der Waals surface area contributed by atoms with Crippen molar-refractivity contribution in [2.24, 2.45) is 45.5 Å². The van der Waals surface area contributed by atoms with E-state index in [0.29, 0.717) is 75.8 Å². The number of imidazole rings is 3. The second-order valence-electron chi connectivity index (χ2n) is 37.0. The molecule has 5 saturated heterocycles. The van der Waals surface area contributed by atoms with Crippen LogP contribution in [0.5, 0.6) is 0 Å². The molecule has 0 saturated carbocycles. The number of nitrogens with one attached hydrogen (secondary N) is 6. The van der Waals surface area contributed by atoms with E-state index in [0.717, 1.165) is 139 Å². The number of ether oxygens (including phenoxy) is 3. The van der Waals surface area contributed by atoms with Gasteiger partial charge in [-0.15, -0.1) is 77.0 Å². The van der Waals surface area contributed by atoms with Gasteiger partial charge >= 0.3 is 30.3 Å². The number of carboxylic acids is 1. The number of carboxylic acid groups (broad SMARTS) is 1. The molecule has 0 radical (unpaired) electrons. The van der Waals surface area contributed by atoms with Crippen LogP contribution in [0.1, 0.15) is 235 Å². The summed E-state index contributed by atoms with van der Waals surface area (Å²) in [5, 5.41) is 18.6. The Morgan fingerprint density at radius 1 is 0.504 bits per heavy atom. The third kappa shape index (κ3) is 28.4. The molecule has 16 rings (SSSR count). The molecule has 0 aliphatic carbocycles. The van der Waals surface area contributed by atoms with Gasteiger partial charge in [-0.05, 0) is 166 Å². The number of likely N-dealkylation sites (tertiary alicyclic amines) is 5. The van der Waals surface area contributed by atoms with Gasteiger partial charge < -0.3 is 69.8 Å². The summed E-state index contributed by atoms with van der Waals surface area (Å²) >= 11 is 18.3. The second kappa shape index (κ2) is 50.7. The van der Waals surface area contributed by atoms with Crippen LogP contribution < -0.4 is 16.0 Å². The number of hydrogen-bond donors (Lipinski definition) is 7. The number of nitrogens with zero attached hydrogens (tertiary/aromatic N) is 10. The number of alkyl carbamates (subject to hydrolysis) is 2. The topological polar surface area (TPSA) is 383 Å². The van der Waals surface area contributed by atoms with Gasteiger partial charge in [0.2, 0.25) is 23.6 Å². The fourth-order valence-corrected chi connectivity index (χ4v) is 27.5. The summed E-state index contributed by atoms with van der Waals surface area (Å²) in [4.78, 5) is 165. The van der Waals surface area contributed by atoms with Crippen LogP contribution in [0.15, 0.2) is 101 Å². The average Bonchev–Trinajstić information content (AvgIpc) is 1.66. The zero-order chi connectivity index (χ0) is 99.6. The van der Waals surface area contributed by atoms with Gasteiger partial charge in [0.15, 0.2) is 0 Å². The number of amides is 8. The van der Waals surface area contributed by atoms with Crippen LogP contribution in [-0.2, 0) is 48.0 Å². The molecule has 8 amide bonds. The maximum Gasteiger partial charge on any atom is 0.439 e. The third-order valence-corrected chi connectivity index (χ3v) is 34.6. The number of aromatic nitrogens is 6. The summed E-state index contributed by atoms with van der Waals surface area (Å²) in [6.45, 7) is 30.7. The predicted molar refractivity (Wildman–Crippen MR) is 553 cm³/mol. The average molecular weight is 2130 g/mol. The van der Waals surface area contributed by atoms with Crippen LogP contribution in [0.25, 0.3) is 14.7 Å². The molecular weight excluding hydrogens is 2000 g/mol. The first-order valence-corrected chi connectivity index (χ1v) is 52.9. The molecular formula is C97H131Br2FN16O15S6. The normalized spacial score (nSPS) is 24.7. The fourth-order valence-electron chi connectivity index (χ4n) is 17.4. The highest BCUT2D eigenvalue weighted by molar-refractivity contribution is 9.14. The summed E-state index contributed by atoms with van der Waals surface area (Å²) in [7, 11) is 2.71. The number of H-pyrrole nitrogens is 3. The number of hydrogen-bond acceptors (Lipinski definition) is 25. The first-order chi connectivity index (χ1) is 65.2. The quantitative estimate of drug-likeness (QED) is 0.0225. The summed E-state index contributed by atoms with van der Waals surface area (Å²) in [5.41, 5.74) is 6.30. The summed E-state index contributed by atoms with van der Waals surface area (Å²) in [5.74, 6) is 11.6. The number of aliphatic carboxylic acids is 1. The van der Waals surface area contributed by atoms with Gasteiger partial charge in [0.1, 0.15) is 41.2 Å². The number of aliphatic imine (C=N–C) groups is 2. The lowest BCUT2D eigenvalue weighted by atomic mass is 9.96. The highest BCUT2D eigenvalue weighted by Gasteiger charge is 2.45. The lowest BCUT2D eigenvalue weighted by Gasteiger charge is -2.31. The van der Waals surface area contributed by atoms with E-state index in [9.17, 15) is 47.5 Å². The number of allylic oxidation sites excluding steroid dienone is 3. The fraction of sp³-hybridized carbons (Fsp3) is 0.588. The first-order valence-electron chi connectivity index (χ1n) is 46.7. The van der Waals surface area contributed by atoms with Gasteiger partial charge in [-0.1, -0.05) is 113 Å². The zero-order valence-electron chi connectivity index (χ0n) is 80.9. The standard InChI is InChI=1S/C36H46N6O4S2.C19H24BrN3OS2.C18H22BrN3O2S2.C15H19N3O4.C7H13NO4.CH3F.CH4/c1-20(2)22(5)34(43)42-14-8-10-28(42)33-38-19-26(39-33)29-17-31-30(48-29)16-24(47-31)12-11-23-15-25(37-18-23)27-9-7-13-41(27)35(44)32(21(3)4)40-36(45)46-6;1-10(2)11(3)19(24)23-6-4-5-13(23)18-21-9-12(22-18)14-7-15-16(25-14)8-17(20)26-15;1-18(2,3)24-17(23)22-6-4-5-11(22)16-20-9-10(21-16)12-7-13-14(25-12)8-15(19)26-13;1-4-11-8-12(16-9-11)13-6-5-7-18(13)14(19)10(2)17-15(20)22-21-3;1-4(2)5(6(9)10)8-7(11)12-3;1-2;/h16-22,27-28,30-32H,7-10,13-15H2,1-6H3,(H,38,39)(H,40,45);7-11,13,15-16H,4-6H2,1-3H3,(H,21,22);7-9,11,13-14H,4-6H2,1-3H3,(H,20,21);1,9-10,13H,5-8H2,2-3H3,(H,17,20);4-5H,1-3H3,(H,8,11)(H,9,10);1H3;1H4/t22-,27-,28-,30?,31?,32-;11-,13-,15?,16?;11-,13?,14?;10-,13-;5-;;/m00000../s1/i;;;;;1D;. The first kappa shape index (κ1) is 109. The third-order valence-electron chi connectivity index (χ3n) is 25.2. The van der Waals surface area contributed by atoms with Crippen molar-refractivity contribution < 1.29 is 78.0 Å². The van der Waals surface area contributed by atoms with Gasteiger partial charge in [0.05, 0.1) is 101 Å². The smallest absolute Gasteiger partial charge is 0.439 e. The lowest BCUT2D eigenvalue weighted by Crippen LogP contribution is -2.53. The number of thioether (sulfide) groups is 6. The minimum Gasteiger partial charge on any atom is -0.480 e. The van der Waals surface area contributed by atoms with Crippen LogP contribution in [-0.4, -0.2) is 253 Å². The van der Waals surface area contributed by atoms with E-state index in [-0.39, 0.29) is 91.0 Å². The van der Waals surface area contributed by atoms with Gasteiger partial charge in [0.25, 0.3) is 0 Å².